The molecule has 1 aromatic carbocycles. The summed E-state index contributed by atoms with van der Waals surface area (Å²) >= 11 is 0. The smallest absolute Gasteiger partial charge is 0.456 e. The molecule has 2 aromatic rings. The molecule has 0 bridgehead atoms. The van der Waals surface area contributed by atoms with Gasteiger partial charge in [-0.3, -0.25) is 9.78 Å². The Morgan fingerprint density at radius 3 is 2.30 bits per heavy atom. The van der Waals surface area contributed by atoms with Crippen LogP contribution in [-0.2, 0) is 16.1 Å². The summed E-state index contributed by atoms with van der Waals surface area (Å²) in [6.07, 6.45) is -2.08. The summed E-state index contributed by atoms with van der Waals surface area (Å²) in [5.41, 5.74) is -0.0543. The van der Waals surface area contributed by atoms with Crippen LogP contribution >= 0.6 is 0 Å². The Hall–Kier alpha value is -3.63. The Morgan fingerprint density at radius 2 is 1.73 bits per heavy atom. The van der Waals surface area contributed by atoms with Crippen molar-refractivity contribution >= 4 is 23.6 Å². The maximum absolute atomic E-state index is 13.0. The molecule has 1 fully saturated rings. The number of ether oxygens (including phenoxy) is 2. The van der Waals surface area contributed by atoms with E-state index in [-0.39, 0.29) is 17.8 Å². The van der Waals surface area contributed by atoms with Gasteiger partial charge in [0, 0.05) is 18.9 Å². The van der Waals surface area contributed by atoms with Crippen LogP contribution in [0.5, 0.6) is 5.75 Å². The first-order valence-electron chi connectivity index (χ1n) is 9.93. The van der Waals surface area contributed by atoms with Gasteiger partial charge in [0.15, 0.2) is 0 Å². The largest absolute Gasteiger partial charge is 0.573 e. The highest BCUT2D eigenvalue weighted by Crippen LogP contribution is 2.30. The highest BCUT2D eigenvalue weighted by Gasteiger charge is 2.43. The summed E-state index contributed by atoms with van der Waals surface area (Å²) in [5, 5.41) is 0. The molecule has 1 saturated heterocycles. The minimum absolute atomic E-state index is 0.0748. The fraction of sp³-hybridized carbons (Fsp3) is 0.364. The van der Waals surface area contributed by atoms with E-state index in [4.69, 9.17) is 4.74 Å². The molecule has 3 rings (SSSR count). The molecule has 2 heterocycles. The highest BCUT2D eigenvalue weighted by molar-refractivity contribution is 6.21. The SMILES string of the molecule is CC1C(=O)N(c2ccc(OC(F)(F)F)cc2)C(=O)N1Cc1ccncc1C(=O)OC(C)(C)C. The van der Waals surface area contributed by atoms with Gasteiger partial charge in [-0.05, 0) is 63.6 Å². The number of esters is 1. The molecule has 1 atom stereocenters. The van der Waals surface area contributed by atoms with Gasteiger partial charge in [0.2, 0.25) is 0 Å². The zero-order valence-corrected chi connectivity index (χ0v) is 18.3. The Balaban J connectivity index is 1.83. The number of hydrogen-bond donors (Lipinski definition) is 0. The molecule has 1 aliphatic heterocycles. The second-order valence-corrected chi connectivity index (χ2v) is 8.34. The minimum Gasteiger partial charge on any atom is -0.456 e. The van der Waals surface area contributed by atoms with Crippen LogP contribution in [0.15, 0.2) is 42.7 Å². The monoisotopic (exact) mass is 465 g/mol. The number of imide groups is 1. The summed E-state index contributed by atoms with van der Waals surface area (Å²) in [5.74, 6) is -1.65. The number of pyridine rings is 1. The lowest BCUT2D eigenvalue weighted by Gasteiger charge is -2.23. The van der Waals surface area contributed by atoms with Crippen molar-refractivity contribution in [3.8, 4) is 5.75 Å². The number of hydrogen-bond acceptors (Lipinski definition) is 6. The number of anilines is 1. The van der Waals surface area contributed by atoms with Gasteiger partial charge in [0.1, 0.15) is 17.4 Å². The molecular formula is C22H22F3N3O5. The quantitative estimate of drug-likeness (QED) is 0.484. The van der Waals surface area contributed by atoms with Gasteiger partial charge in [0.05, 0.1) is 11.3 Å². The van der Waals surface area contributed by atoms with Gasteiger partial charge < -0.3 is 14.4 Å². The number of carbonyl (C=O) groups excluding carboxylic acids is 3. The Morgan fingerprint density at radius 1 is 1.09 bits per heavy atom. The van der Waals surface area contributed by atoms with E-state index in [1.165, 1.54) is 36.4 Å². The number of nitrogens with zero attached hydrogens (tertiary/aromatic N) is 3. The fourth-order valence-corrected chi connectivity index (χ4v) is 3.21. The molecule has 1 unspecified atom stereocenters. The zero-order valence-electron chi connectivity index (χ0n) is 18.3. The molecule has 33 heavy (non-hydrogen) atoms. The van der Waals surface area contributed by atoms with E-state index in [1.54, 1.807) is 26.8 Å². The second kappa shape index (κ2) is 8.72. The first-order chi connectivity index (χ1) is 15.3. The maximum Gasteiger partial charge on any atom is 0.573 e. The zero-order chi connectivity index (χ0) is 24.6. The molecule has 0 aliphatic carbocycles. The Bertz CT molecular complexity index is 1060. The lowest BCUT2D eigenvalue weighted by Crippen LogP contribution is -2.34. The van der Waals surface area contributed by atoms with Crippen molar-refractivity contribution in [1.82, 2.24) is 9.88 Å². The lowest BCUT2D eigenvalue weighted by molar-refractivity contribution is -0.274. The fourth-order valence-electron chi connectivity index (χ4n) is 3.21. The van der Waals surface area contributed by atoms with Gasteiger partial charge in [-0.2, -0.15) is 0 Å². The van der Waals surface area contributed by atoms with Crippen molar-refractivity contribution in [1.29, 1.82) is 0 Å². The highest BCUT2D eigenvalue weighted by atomic mass is 19.4. The molecular weight excluding hydrogens is 443 g/mol. The maximum atomic E-state index is 13.0. The summed E-state index contributed by atoms with van der Waals surface area (Å²) in [6, 6.07) is 4.40. The van der Waals surface area contributed by atoms with Gasteiger partial charge in [-0.1, -0.05) is 0 Å². The number of halogens is 3. The third-order valence-electron chi connectivity index (χ3n) is 4.68. The van der Waals surface area contributed by atoms with Gasteiger partial charge in [-0.25, -0.2) is 14.5 Å². The summed E-state index contributed by atoms with van der Waals surface area (Å²) in [7, 11) is 0. The van der Waals surface area contributed by atoms with E-state index >= 15 is 0 Å². The van der Waals surface area contributed by atoms with Crippen LogP contribution in [0.1, 0.15) is 43.6 Å². The molecule has 0 spiro atoms. The molecule has 8 nitrogen and oxygen atoms in total. The number of amides is 3. The molecule has 11 heteroatoms. The van der Waals surface area contributed by atoms with Crippen LogP contribution in [0.25, 0.3) is 0 Å². The number of alkyl halides is 3. The first-order valence-corrected chi connectivity index (χ1v) is 9.93. The second-order valence-electron chi connectivity index (χ2n) is 8.34. The molecule has 176 valence electrons. The molecule has 3 amide bonds. The van der Waals surface area contributed by atoms with Crippen molar-refractivity contribution in [2.75, 3.05) is 4.90 Å². The van der Waals surface area contributed by atoms with Crippen LogP contribution in [-0.4, -0.2) is 45.8 Å². The number of aromatic nitrogens is 1. The summed E-state index contributed by atoms with van der Waals surface area (Å²) in [4.78, 5) is 44.5. The lowest BCUT2D eigenvalue weighted by atomic mass is 10.1. The van der Waals surface area contributed by atoms with Crippen LogP contribution in [0.4, 0.5) is 23.7 Å². The molecule has 1 aliphatic rings. The van der Waals surface area contributed by atoms with Crippen molar-refractivity contribution in [3.63, 3.8) is 0 Å². The topological polar surface area (TPSA) is 89.0 Å². The van der Waals surface area contributed by atoms with E-state index < -0.39 is 41.7 Å². The third-order valence-corrected chi connectivity index (χ3v) is 4.68. The minimum atomic E-state index is -4.86. The molecule has 0 saturated carbocycles. The van der Waals surface area contributed by atoms with Crippen LogP contribution < -0.4 is 9.64 Å². The molecule has 0 N–H and O–H groups in total. The van der Waals surface area contributed by atoms with Crippen molar-refractivity contribution in [2.45, 2.75) is 52.2 Å². The number of carbonyl (C=O) groups is 3. The average Bonchev–Trinajstić information content (AvgIpc) is 2.90. The predicted molar refractivity (Wildman–Crippen MR) is 110 cm³/mol. The van der Waals surface area contributed by atoms with Crippen LogP contribution in [0.2, 0.25) is 0 Å². The standard InChI is InChI=1S/C22H22F3N3O5/c1-13-18(29)28(15-5-7-16(8-6-15)32-22(23,24)25)20(31)27(13)12-14-9-10-26-11-17(14)19(30)33-21(2,3)4/h5-11,13H,12H2,1-4H3. The third kappa shape index (κ3) is 5.60. The van der Waals surface area contributed by atoms with Crippen LogP contribution in [0.3, 0.4) is 0 Å². The van der Waals surface area contributed by atoms with Crippen molar-refractivity contribution < 1.29 is 37.0 Å². The summed E-state index contributed by atoms with van der Waals surface area (Å²) in [6.45, 7) is 6.60. The van der Waals surface area contributed by atoms with E-state index in [9.17, 15) is 27.6 Å². The van der Waals surface area contributed by atoms with Gasteiger partial charge in [0.25, 0.3) is 5.91 Å². The van der Waals surface area contributed by atoms with E-state index in [1.807, 2.05) is 0 Å². The van der Waals surface area contributed by atoms with Crippen LogP contribution in [0, 0.1) is 0 Å². The van der Waals surface area contributed by atoms with Gasteiger partial charge >= 0.3 is 18.4 Å². The van der Waals surface area contributed by atoms with E-state index in [0.29, 0.717) is 5.56 Å². The number of rotatable bonds is 5. The van der Waals surface area contributed by atoms with Crippen molar-refractivity contribution in [3.05, 3.63) is 53.9 Å². The molecule has 0 radical (unpaired) electrons. The number of urea groups is 1. The van der Waals surface area contributed by atoms with E-state index in [2.05, 4.69) is 9.72 Å². The predicted octanol–water partition coefficient (Wildman–Crippen LogP) is 4.29. The average molecular weight is 465 g/mol. The van der Waals surface area contributed by atoms with E-state index in [0.717, 1.165) is 17.0 Å². The van der Waals surface area contributed by atoms with Crippen molar-refractivity contribution in [2.24, 2.45) is 0 Å². The number of benzene rings is 1. The molecule has 1 aromatic heterocycles. The Kier molecular flexibility index (Phi) is 6.35. The normalized spacial score (nSPS) is 16.9. The van der Waals surface area contributed by atoms with Gasteiger partial charge in [-0.15, -0.1) is 13.2 Å². The first kappa shape index (κ1) is 24.0. The summed E-state index contributed by atoms with van der Waals surface area (Å²) < 4.78 is 46.3. The Labute approximate surface area is 187 Å².